The van der Waals surface area contributed by atoms with Gasteiger partial charge in [-0.2, -0.15) is 10.2 Å². The Kier molecular flexibility index (Phi) is 6.51. The molecule has 0 spiro atoms. The van der Waals surface area contributed by atoms with E-state index in [1.54, 1.807) is 18.2 Å². The summed E-state index contributed by atoms with van der Waals surface area (Å²) in [6, 6.07) is 16.1. The maximum Gasteiger partial charge on any atom is 0.240 e. The Balaban J connectivity index is 1.76. The maximum atomic E-state index is 13.6. The third kappa shape index (κ3) is 5.73. The van der Waals surface area contributed by atoms with E-state index in [1.165, 1.54) is 12.1 Å². The van der Waals surface area contributed by atoms with Crippen molar-refractivity contribution >= 4 is 0 Å². The molecule has 0 atom stereocenters. The number of benzene rings is 2. The van der Waals surface area contributed by atoms with E-state index in [4.69, 9.17) is 9.78 Å². The summed E-state index contributed by atoms with van der Waals surface area (Å²) in [5.74, 6) is 1.44. The molecule has 5 nitrogen and oxygen atoms in total. The van der Waals surface area contributed by atoms with E-state index < -0.39 is 0 Å². The number of rotatable bonds is 8. The minimum atomic E-state index is -0.257. The second-order valence-electron chi connectivity index (χ2n) is 7.29. The number of hydrogen-bond donors (Lipinski definition) is 0. The van der Waals surface area contributed by atoms with Gasteiger partial charge in [-0.25, -0.2) is 4.39 Å². The van der Waals surface area contributed by atoms with Crippen LogP contribution in [0.5, 0.6) is 0 Å². The zero-order valence-corrected chi connectivity index (χ0v) is 16.1. The fourth-order valence-electron chi connectivity index (χ4n) is 3.00. The predicted molar refractivity (Wildman–Crippen MR) is 103 cm³/mol. The van der Waals surface area contributed by atoms with Crippen molar-refractivity contribution in [3.63, 3.8) is 0 Å². The molecule has 0 unspecified atom stereocenters. The van der Waals surface area contributed by atoms with E-state index >= 15 is 0 Å². The molecule has 0 radical (unpaired) electrons. The van der Waals surface area contributed by atoms with Crippen molar-refractivity contribution in [3.8, 4) is 6.07 Å². The quantitative estimate of drug-likeness (QED) is 0.578. The lowest BCUT2D eigenvalue weighted by atomic mass is 10.1. The molecule has 1 heterocycles. The van der Waals surface area contributed by atoms with Crippen LogP contribution in [0.15, 0.2) is 53.1 Å². The average molecular weight is 378 g/mol. The molecular weight excluding hydrogens is 355 g/mol. The van der Waals surface area contributed by atoms with Crippen LogP contribution in [-0.4, -0.2) is 15.0 Å². The Labute approximate surface area is 164 Å². The Morgan fingerprint density at radius 1 is 1.07 bits per heavy atom. The molecule has 0 fully saturated rings. The molecule has 144 valence electrons. The van der Waals surface area contributed by atoms with Crippen LogP contribution in [0.1, 0.15) is 42.3 Å². The number of aromatic nitrogens is 2. The van der Waals surface area contributed by atoms with Crippen molar-refractivity contribution in [2.75, 3.05) is 0 Å². The van der Waals surface area contributed by atoms with E-state index in [-0.39, 0.29) is 5.82 Å². The first kappa shape index (κ1) is 19.7. The highest BCUT2D eigenvalue weighted by atomic mass is 19.1. The molecule has 6 heteroatoms. The summed E-state index contributed by atoms with van der Waals surface area (Å²) in [6.45, 7) is 5.83. The minimum absolute atomic E-state index is 0.257. The standard InChI is InChI=1S/C22H23FN4O/c1-16(2)10-21-25-22(28-26-21)15-27(14-19-4-3-5-20(23)11-19)13-18-8-6-17(12-24)7-9-18/h3-9,11,16H,10,13-15H2,1-2H3. The van der Waals surface area contributed by atoms with Crippen LogP contribution >= 0.6 is 0 Å². The molecule has 0 saturated carbocycles. The lowest BCUT2D eigenvalue weighted by Gasteiger charge is -2.21. The molecule has 3 rings (SSSR count). The van der Waals surface area contributed by atoms with Gasteiger partial charge >= 0.3 is 0 Å². The smallest absolute Gasteiger partial charge is 0.240 e. The van der Waals surface area contributed by atoms with Crippen molar-refractivity contribution in [3.05, 3.63) is 82.8 Å². The zero-order valence-electron chi connectivity index (χ0n) is 16.1. The molecule has 0 N–H and O–H groups in total. The molecule has 0 aliphatic rings. The third-order valence-electron chi connectivity index (χ3n) is 4.24. The van der Waals surface area contributed by atoms with Gasteiger partial charge in [0.1, 0.15) is 5.82 Å². The van der Waals surface area contributed by atoms with Gasteiger partial charge in [0, 0.05) is 19.5 Å². The number of nitriles is 1. The van der Waals surface area contributed by atoms with Crippen molar-refractivity contribution in [2.24, 2.45) is 5.92 Å². The molecule has 0 saturated heterocycles. The van der Waals surface area contributed by atoms with Gasteiger partial charge in [0.25, 0.3) is 0 Å². The topological polar surface area (TPSA) is 66.0 Å². The van der Waals surface area contributed by atoms with Gasteiger partial charge in [0.15, 0.2) is 5.82 Å². The molecular formula is C22H23FN4O. The summed E-state index contributed by atoms with van der Waals surface area (Å²) < 4.78 is 19.0. The first-order chi connectivity index (χ1) is 13.5. The molecule has 28 heavy (non-hydrogen) atoms. The Hall–Kier alpha value is -3.04. The van der Waals surface area contributed by atoms with Crippen molar-refractivity contribution in [1.82, 2.24) is 15.0 Å². The Morgan fingerprint density at radius 2 is 1.82 bits per heavy atom. The second kappa shape index (κ2) is 9.25. The lowest BCUT2D eigenvalue weighted by molar-refractivity contribution is 0.210. The van der Waals surface area contributed by atoms with E-state index in [0.717, 1.165) is 17.5 Å². The van der Waals surface area contributed by atoms with Gasteiger partial charge in [0.2, 0.25) is 5.89 Å². The number of halogens is 1. The lowest BCUT2D eigenvalue weighted by Crippen LogP contribution is -2.22. The SMILES string of the molecule is CC(C)Cc1noc(CN(Cc2ccc(C#N)cc2)Cc2cccc(F)c2)n1. The summed E-state index contributed by atoms with van der Waals surface area (Å²) in [5, 5.41) is 13.0. The summed E-state index contributed by atoms with van der Waals surface area (Å²) in [4.78, 5) is 6.60. The van der Waals surface area contributed by atoms with Crippen LogP contribution in [0.2, 0.25) is 0 Å². The molecule has 3 aromatic rings. The fraction of sp³-hybridized carbons (Fsp3) is 0.318. The molecule has 1 aromatic heterocycles. The summed E-state index contributed by atoms with van der Waals surface area (Å²) >= 11 is 0. The molecule has 0 aliphatic heterocycles. The van der Waals surface area contributed by atoms with Gasteiger partial charge in [-0.1, -0.05) is 43.3 Å². The number of hydrogen-bond acceptors (Lipinski definition) is 5. The van der Waals surface area contributed by atoms with Crippen LogP contribution < -0.4 is 0 Å². The van der Waals surface area contributed by atoms with Crippen molar-refractivity contribution in [1.29, 1.82) is 5.26 Å². The normalized spacial score (nSPS) is 11.1. The van der Waals surface area contributed by atoms with Gasteiger partial charge in [-0.3, -0.25) is 4.90 Å². The minimum Gasteiger partial charge on any atom is -0.338 e. The van der Waals surface area contributed by atoms with Gasteiger partial charge in [0.05, 0.1) is 18.2 Å². The number of nitrogens with zero attached hydrogens (tertiary/aromatic N) is 4. The van der Waals surface area contributed by atoms with Gasteiger partial charge < -0.3 is 4.52 Å². The Morgan fingerprint density at radius 3 is 2.50 bits per heavy atom. The highest BCUT2D eigenvalue weighted by Gasteiger charge is 2.14. The molecule has 0 aliphatic carbocycles. The average Bonchev–Trinajstić information content (AvgIpc) is 3.08. The third-order valence-corrected chi connectivity index (χ3v) is 4.24. The maximum absolute atomic E-state index is 13.6. The summed E-state index contributed by atoms with van der Waals surface area (Å²) in [5.41, 5.74) is 2.54. The molecule has 2 aromatic carbocycles. The second-order valence-corrected chi connectivity index (χ2v) is 7.29. The van der Waals surface area contributed by atoms with Gasteiger partial charge in [-0.05, 0) is 41.3 Å². The van der Waals surface area contributed by atoms with Crippen LogP contribution in [0, 0.1) is 23.1 Å². The van der Waals surface area contributed by atoms with Crippen LogP contribution in [-0.2, 0) is 26.1 Å². The highest BCUT2D eigenvalue weighted by Crippen LogP contribution is 2.15. The largest absolute Gasteiger partial charge is 0.338 e. The monoisotopic (exact) mass is 378 g/mol. The van der Waals surface area contributed by atoms with E-state index in [9.17, 15) is 4.39 Å². The van der Waals surface area contributed by atoms with Crippen molar-refractivity contribution in [2.45, 2.75) is 39.9 Å². The van der Waals surface area contributed by atoms with Crippen LogP contribution in [0.3, 0.4) is 0 Å². The molecule has 0 bridgehead atoms. The summed E-state index contributed by atoms with van der Waals surface area (Å²) in [7, 11) is 0. The fourth-order valence-corrected chi connectivity index (χ4v) is 3.00. The van der Waals surface area contributed by atoms with E-state index in [1.807, 2.05) is 18.2 Å². The first-order valence-corrected chi connectivity index (χ1v) is 9.29. The zero-order chi connectivity index (χ0) is 19.9. The van der Waals surface area contributed by atoms with Crippen LogP contribution in [0.4, 0.5) is 4.39 Å². The van der Waals surface area contributed by atoms with Gasteiger partial charge in [-0.15, -0.1) is 0 Å². The van der Waals surface area contributed by atoms with E-state index in [0.29, 0.717) is 42.8 Å². The molecule has 0 amide bonds. The van der Waals surface area contributed by atoms with Crippen LogP contribution in [0.25, 0.3) is 0 Å². The highest BCUT2D eigenvalue weighted by molar-refractivity contribution is 5.31. The Bertz CT molecular complexity index is 944. The summed E-state index contributed by atoms with van der Waals surface area (Å²) in [6.07, 6.45) is 0.767. The van der Waals surface area contributed by atoms with E-state index in [2.05, 4.69) is 35.0 Å². The van der Waals surface area contributed by atoms with Crippen molar-refractivity contribution < 1.29 is 8.91 Å². The first-order valence-electron chi connectivity index (χ1n) is 9.29. The predicted octanol–water partition coefficient (Wildman–Crippen LogP) is 4.48.